The number of rotatable bonds is 7. The number of hydrogen-bond donors (Lipinski definition) is 1. The van der Waals surface area contributed by atoms with Gasteiger partial charge in [-0.05, 0) is 80.5 Å². The minimum Gasteiger partial charge on any atom is -0.384 e. The van der Waals surface area contributed by atoms with Crippen molar-refractivity contribution in [3.63, 3.8) is 0 Å². The molecule has 1 heterocycles. The van der Waals surface area contributed by atoms with Gasteiger partial charge in [0.15, 0.2) is 5.82 Å². The monoisotopic (exact) mass is 499 g/mol. The Morgan fingerprint density at radius 3 is 2.23 bits per heavy atom. The van der Waals surface area contributed by atoms with Gasteiger partial charge in [0.1, 0.15) is 7.14 Å². The summed E-state index contributed by atoms with van der Waals surface area (Å²) in [5, 5.41) is 8.50. The molecule has 3 saturated carbocycles. The molecule has 3 aromatic rings. The van der Waals surface area contributed by atoms with Crippen LogP contribution in [0.25, 0.3) is 11.1 Å². The van der Waals surface area contributed by atoms with E-state index in [1.54, 1.807) is 13.3 Å². The first kappa shape index (κ1) is 24.2. The van der Waals surface area contributed by atoms with Gasteiger partial charge in [0.05, 0.1) is 0 Å². The molecule has 3 fully saturated rings. The molecule has 186 valence electrons. The van der Waals surface area contributed by atoms with Gasteiger partial charge < -0.3 is 14.4 Å². The Hall–Kier alpha value is -2.53. The maximum atomic E-state index is 13.6. The summed E-state index contributed by atoms with van der Waals surface area (Å²) in [6.07, 6.45) is 5.74. The van der Waals surface area contributed by atoms with Crippen LogP contribution < -0.4 is 10.6 Å². The molecular formula is C27H32F2N3O2P. The second-order valence-electron chi connectivity index (χ2n) is 10.9. The summed E-state index contributed by atoms with van der Waals surface area (Å²) in [5.41, 5.74) is 3.26. The average Bonchev–Trinajstić information content (AvgIpc) is 3.36. The molecule has 6 rings (SSSR count). The van der Waals surface area contributed by atoms with Gasteiger partial charge in [0.2, 0.25) is 0 Å². The highest BCUT2D eigenvalue weighted by Gasteiger charge is 2.52. The highest BCUT2D eigenvalue weighted by Crippen LogP contribution is 2.57. The molecule has 0 atom stereocenters. The van der Waals surface area contributed by atoms with Crippen LogP contribution in [0.5, 0.6) is 0 Å². The van der Waals surface area contributed by atoms with Crippen molar-refractivity contribution >= 4 is 18.1 Å². The third kappa shape index (κ3) is 4.80. The highest BCUT2D eigenvalue weighted by molar-refractivity contribution is 7.70. The zero-order valence-electron chi connectivity index (χ0n) is 20.5. The van der Waals surface area contributed by atoms with E-state index in [0.717, 1.165) is 74.1 Å². The normalized spacial score (nSPS) is 24.5. The SMILES string of the molecule is CC(F)(F)c1nc(C23CCC(CNc4cccc(-c5ccc(P(C)(C)=O)cc5)c4)(CC2)CC3)no1. The van der Waals surface area contributed by atoms with Gasteiger partial charge in [0.25, 0.3) is 5.89 Å². The van der Waals surface area contributed by atoms with Crippen molar-refractivity contribution in [1.82, 2.24) is 10.1 Å². The van der Waals surface area contributed by atoms with Crippen molar-refractivity contribution in [2.75, 3.05) is 25.2 Å². The van der Waals surface area contributed by atoms with Crippen LogP contribution in [-0.4, -0.2) is 30.0 Å². The molecule has 2 bridgehead atoms. The van der Waals surface area contributed by atoms with Crippen molar-refractivity contribution < 1.29 is 17.9 Å². The van der Waals surface area contributed by atoms with Crippen molar-refractivity contribution in [1.29, 1.82) is 0 Å². The van der Waals surface area contributed by atoms with Crippen molar-refractivity contribution in [2.45, 2.75) is 56.8 Å². The van der Waals surface area contributed by atoms with Gasteiger partial charge in [0, 0.05) is 29.9 Å². The molecule has 0 spiro atoms. The Bertz CT molecular complexity index is 1240. The molecule has 5 nitrogen and oxygen atoms in total. The van der Waals surface area contributed by atoms with Gasteiger partial charge >= 0.3 is 5.92 Å². The van der Waals surface area contributed by atoms with Crippen LogP contribution in [0.15, 0.2) is 53.1 Å². The Morgan fingerprint density at radius 1 is 1.00 bits per heavy atom. The maximum absolute atomic E-state index is 13.6. The lowest BCUT2D eigenvalue weighted by atomic mass is 9.53. The summed E-state index contributed by atoms with van der Waals surface area (Å²) in [6.45, 7) is 5.25. The highest BCUT2D eigenvalue weighted by atomic mass is 31.2. The van der Waals surface area contributed by atoms with E-state index in [-0.39, 0.29) is 10.8 Å². The average molecular weight is 500 g/mol. The summed E-state index contributed by atoms with van der Waals surface area (Å²) < 4.78 is 44.4. The van der Waals surface area contributed by atoms with E-state index in [1.165, 1.54) is 0 Å². The van der Waals surface area contributed by atoms with Crippen molar-refractivity contribution in [2.24, 2.45) is 5.41 Å². The molecule has 35 heavy (non-hydrogen) atoms. The van der Waals surface area contributed by atoms with Crippen LogP contribution in [0.2, 0.25) is 0 Å². The maximum Gasteiger partial charge on any atom is 0.322 e. The van der Waals surface area contributed by atoms with Crippen LogP contribution in [0, 0.1) is 5.41 Å². The lowest BCUT2D eigenvalue weighted by molar-refractivity contribution is -0.0158. The fraction of sp³-hybridized carbons (Fsp3) is 0.481. The number of nitrogens with one attached hydrogen (secondary N) is 1. The summed E-state index contributed by atoms with van der Waals surface area (Å²) >= 11 is 0. The quantitative estimate of drug-likeness (QED) is 0.362. The van der Waals surface area contributed by atoms with Crippen molar-refractivity contribution in [3.05, 3.63) is 60.2 Å². The van der Waals surface area contributed by atoms with Gasteiger partial charge in [-0.2, -0.15) is 13.8 Å². The van der Waals surface area contributed by atoms with Gasteiger partial charge in [-0.1, -0.05) is 41.6 Å². The number of fused-ring (bicyclic) bond motifs is 3. The van der Waals surface area contributed by atoms with Crippen molar-refractivity contribution in [3.8, 4) is 11.1 Å². The molecule has 3 aliphatic carbocycles. The fourth-order valence-electron chi connectivity index (χ4n) is 5.59. The van der Waals surface area contributed by atoms with Gasteiger partial charge in [-0.3, -0.25) is 0 Å². The van der Waals surface area contributed by atoms with E-state index >= 15 is 0 Å². The van der Waals surface area contributed by atoms with Crippen LogP contribution in [0.1, 0.15) is 57.2 Å². The minimum absolute atomic E-state index is 0.198. The number of anilines is 1. The molecule has 0 saturated heterocycles. The lowest BCUT2D eigenvalue weighted by Gasteiger charge is -2.52. The molecule has 0 radical (unpaired) electrons. The van der Waals surface area contributed by atoms with E-state index < -0.39 is 19.0 Å². The first-order chi connectivity index (χ1) is 16.5. The molecular weight excluding hydrogens is 467 g/mol. The number of benzene rings is 2. The molecule has 0 unspecified atom stereocenters. The van der Waals surface area contributed by atoms with Crippen LogP contribution in [0.3, 0.4) is 0 Å². The standard InChI is InChI=1S/C27H32F2N3O2P/c1-25(28,29)24-31-23(32-34-24)27-14-11-26(12-15-27,13-16-27)18-30-21-6-4-5-20(17-21)19-7-9-22(10-8-19)35(2,3)33/h4-10,17,30H,11-16,18H2,1-3H3. The van der Waals surface area contributed by atoms with Crippen LogP contribution in [0.4, 0.5) is 14.5 Å². The predicted octanol–water partition coefficient (Wildman–Crippen LogP) is 6.80. The third-order valence-electron chi connectivity index (χ3n) is 8.03. The first-order valence-corrected chi connectivity index (χ1v) is 14.8. The zero-order chi connectivity index (χ0) is 24.9. The number of aromatic nitrogens is 2. The van der Waals surface area contributed by atoms with E-state index in [0.29, 0.717) is 5.82 Å². The second-order valence-corrected chi connectivity index (χ2v) is 14.1. The van der Waals surface area contributed by atoms with E-state index in [2.05, 4.69) is 39.7 Å². The fourth-order valence-corrected chi connectivity index (χ4v) is 6.46. The molecule has 1 N–H and O–H groups in total. The molecule has 0 aliphatic heterocycles. The Balaban J connectivity index is 1.24. The Morgan fingerprint density at radius 2 is 1.66 bits per heavy atom. The Kier molecular flexibility index (Phi) is 5.90. The topological polar surface area (TPSA) is 68.0 Å². The van der Waals surface area contributed by atoms with Gasteiger partial charge in [-0.15, -0.1) is 0 Å². The van der Waals surface area contributed by atoms with E-state index in [4.69, 9.17) is 4.52 Å². The third-order valence-corrected chi connectivity index (χ3v) is 9.57. The molecule has 3 aliphatic rings. The number of alkyl halides is 2. The molecule has 0 amide bonds. The van der Waals surface area contributed by atoms with Gasteiger partial charge in [-0.25, -0.2) is 0 Å². The summed E-state index contributed by atoms with van der Waals surface area (Å²) in [6, 6.07) is 16.4. The lowest BCUT2D eigenvalue weighted by Crippen LogP contribution is -2.47. The minimum atomic E-state index is -3.11. The smallest absolute Gasteiger partial charge is 0.322 e. The molecule has 2 aromatic carbocycles. The van der Waals surface area contributed by atoms with E-state index in [9.17, 15) is 13.3 Å². The molecule has 1 aromatic heterocycles. The summed E-state index contributed by atoms with van der Waals surface area (Å²) in [5.74, 6) is -3.24. The summed E-state index contributed by atoms with van der Waals surface area (Å²) in [7, 11) is -2.26. The van der Waals surface area contributed by atoms with Crippen LogP contribution in [-0.2, 0) is 15.9 Å². The largest absolute Gasteiger partial charge is 0.384 e. The number of nitrogens with zero attached hydrogens (tertiary/aromatic N) is 2. The van der Waals surface area contributed by atoms with E-state index in [1.807, 2.05) is 24.3 Å². The number of hydrogen-bond acceptors (Lipinski definition) is 5. The second kappa shape index (κ2) is 8.55. The zero-order valence-corrected chi connectivity index (χ0v) is 21.4. The Labute approximate surface area is 205 Å². The summed E-state index contributed by atoms with van der Waals surface area (Å²) in [4.78, 5) is 4.09. The predicted molar refractivity (Wildman–Crippen MR) is 135 cm³/mol. The first-order valence-electron chi connectivity index (χ1n) is 12.2. The molecule has 8 heteroatoms. The number of halogens is 2. The van der Waals surface area contributed by atoms with Crippen LogP contribution >= 0.6 is 7.14 Å².